The largest absolute Gasteiger partial charge is 0.417 e. The highest BCUT2D eigenvalue weighted by atomic mass is 32.2. The van der Waals surface area contributed by atoms with E-state index in [0.717, 1.165) is 6.26 Å². The third-order valence-electron chi connectivity index (χ3n) is 2.48. The van der Waals surface area contributed by atoms with Crippen LogP contribution in [-0.4, -0.2) is 20.8 Å². The van der Waals surface area contributed by atoms with Gasteiger partial charge in [-0.25, -0.2) is 13.2 Å². The van der Waals surface area contributed by atoms with Crippen molar-refractivity contribution in [1.82, 2.24) is 0 Å². The molecule has 0 heterocycles. The van der Waals surface area contributed by atoms with E-state index in [9.17, 15) is 13.2 Å². The van der Waals surface area contributed by atoms with Gasteiger partial charge in [0.15, 0.2) is 9.84 Å². The number of para-hydroxylation sites is 1. The number of carbonyl (C=O) groups is 1. The average Bonchev–Trinajstić information content (AvgIpc) is 2.39. The van der Waals surface area contributed by atoms with Crippen LogP contribution in [0.5, 0.6) is 5.75 Å². The summed E-state index contributed by atoms with van der Waals surface area (Å²) in [6, 6.07) is 14.5. The van der Waals surface area contributed by atoms with Crippen molar-refractivity contribution in [1.29, 1.82) is 0 Å². The van der Waals surface area contributed by atoms with Gasteiger partial charge in [-0.2, -0.15) is 0 Å². The number of sulfone groups is 1. The molecule has 0 bridgehead atoms. The van der Waals surface area contributed by atoms with Gasteiger partial charge < -0.3 is 4.74 Å². The Bertz CT molecular complexity index is 694. The Morgan fingerprint density at radius 2 is 1.60 bits per heavy atom. The number of carbonyl (C=O) groups excluding carboxylic acids is 1. The number of ether oxygens (including phenoxy) is 1. The van der Waals surface area contributed by atoms with E-state index in [1.165, 1.54) is 24.3 Å². The van der Waals surface area contributed by atoms with Gasteiger partial charge in [0.1, 0.15) is 5.75 Å². The van der Waals surface area contributed by atoms with Crippen molar-refractivity contribution in [3.05, 3.63) is 54.6 Å². The molecule has 2 rings (SSSR count). The van der Waals surface area contributed by atoms with Gasteiger partial charge in [-0.3, -0.25) is 5.32 Å². The zero-order chi connectivity index (χ0) is 14.6. The topological polar surface area (TPSA) is 72.5 Å². The molecular weight excluding hydrogens is 278 g/mol. The van der Waals surface area contributed by atoms with Crippen LogP contribution in [0.1, 0.15) is 0 Å². The molecule has 0 aliphatic heterocycles. The number of hydrogen-bond acceptors (Lipinski definition) is 4. The SMILES string of the molecule is CS(=O)(=O)c1ccc(NC(=O)Oc2ccccc2)cc1. The second kappa shape index (κ2) is 5.75. The van der Waals surface area contributed by atoms with E-state index in [1.807, 2.05) is 6.07 Å². The van der Waals surface area contributed by atoms with E-state index >= 15 is 0 Å². The van der Waals surface area contributed by atoms with Crippen LogP contribution in [0.25, 0.3) is 0 Å². The van der Waals surface area contributed by atoms with Gasteiger partial charge in [-0.15, -0.1) is 0 Å². The molecule has 0 aromatic heterocycles. The molecule has 0 atom stereocenters. The van der Waals surface area contributed by atoms with Crippen LogP contribution >= 0.6 is 0 Å². The normalized spacial score (nSPS) is 10.8. The molecule has 0 saturated heterocycles. The maximum atomic E-state index is 11.6. The first-order valence-electron chi connectivity index (χ1n) is 5.79. The molecule has 0 spiro atoms. The van der Waals surface area contributed by atoms with E-state index in [-0.39, 0.29) is 4.90 Å². The summed E-state index contributed by atoms with van der Waals surface area (Å²) < 4.78 is 27.6. The molecule has 0 aliphatic rings. The maximum Gasteiger partial charge on any atom is 0.417 e. The Morgan fingerprint density at radius 1 is 1.00 bits per heavy atom. The number of benzene rings is 2. The summed E-state index contributed by atoms with van der Waals surface area (Å²) in [5.74, 6) is 0.428. The highest BCUT2D eigenvalue weighted by Gasteiger charge is 2.08. The third kappa shape index (κ3) is 3.83. The Morgan fingerprint density at radius 3 is 2.15 bits per heavy atom. The van der Waals surface area contributed by atoms with Crippen molar-refractivity contribution < 1.29 is 17.9 Å². The summed E-state index contributed by atoms with van der Waals surface area (Å²) in [4.78, 5) is 11.8. The third-order valence-corrected chi connectivity index (χ3v) is 3.61. The quantitative estimate of drug-likeness (QED) is 0.943. The van der Waals surface area contributed by atoms with Crippen LogP contribution in [0.3, 0.4) is 0 Å². The molecule has 5 nitrogen and oxygen atoms in total. The number of hydrogen-bond donors (Lipinski definition) is 1. The summed E-state index contributed by atoms with van der Waals surface area (Å²) in [5, 5.41) is 2.51. The van der Waals surface area contributed by atoms with E-state index in [0.29, 0.717) is 11.4 Å². The first-order valence-corrected chi connectivity index (χ1v) is 7.68. The smallest absolute Gasteiger partial charge is 0.410 e. The number of nitrogens with one attached hydrogen (secondary N) is 1. The Labute approximate surface area is 117 Å². The zero-order valence-corrected chi connectivity index (χ0v) is 11.6. The lowest BCUT2D eigenvalue weighted by Crippen LogP contribution is -2.16. The molecule has 2 aromatic carbocycles. The summed E-state index contributed by atoms with van der Waals surface area (Å²) >= 11 is 0. The molecule has 20 heavy (non-hydrogen) atoms. The van der Waals surface area contributed by atoms with Gasteiger partial charge >= 0.3 is 6.09 Å². The molecule has 0 aliphatic carbocycles. The van der Waals surface area contributed by atoms with Gasteiger partial charge in [-0.05, 0) is 36.4 Å². The van der Waals surface area contributed by atoms with Crippen LogP contribution in [0.2, 0.25) is 0 Å². The second-order valence-electron chi connectivity index (χ2n) is 4.12. The summed E-state index contributed by atoms with van der Waals surface area (Å²) in [6.07, 6.45) is 0.488. The number of rotatable bonds is 3. The number of anilines is 1. The van der Waals surface area contributed by atoms with Crippen LogP contribution in [0.4, 0.5) is 10.5 Å². The first kappa shape index (κ1) is 14.1. The molecule has 2 aromatic rings. The monoisotopic (exact) mass is 291 g/mol. The predicted octanol–water partition coefficient (Wildman–Crippen LogP) is 2.70. The summed E-state index contributed by atoms with van der Waals surface area (Å²) in [7, 11) is -3.24. The average molecular weight is 291 g/mol. The second-order valence-corrected chi connectivity index (χ2v) is 6.14. The molecule has 0 saturated carbocycles. The Balaban J connectivity index is 2.02. The Kier molecular flexibility index (Phi) is 4.05. The van der Waals surface area contributed by atoms with Crippen molar-refractivity contribution >= 4 is 21.6 Å². The van der Waals surface area contributed by atoms with E-state index in [1.54, 1.807) is 24.3 Å². The Hall–Kier alpha value is -2.34. The number of amides is 1. The van der Waals surface area contributed by atoms with E-state index < -0.39 is 15.9 Å². The zero-order valence-electron chi connectivity index (χ0n) is 10.7. The molecule has 104 valence electrons. The molecule has 0 unspecified atom stereocenters. The van der Waals surface area contributed by atoms with Gasteiger partial charge in [0.25, 0.3) is 0 Å². The highest BCUT2D eigenvalue weighted by Crippen LogP contribution is 2.15. The van der Waals surface area contributed by atoms with Crippen molar-refractivity contribution in [2.24, 2.45) is 0 Å². The lowest BCUT2D eigenvalue weighted by Gasteiger charge is -2.07. The van der Waals surface area contributed by atoms with Crippen molar-refractivity contribution in [3.63, 3.8) is 0 Å². The van der Waals surface area contributed by atoms with Crippen molar-refractivity contribution in [2.75, 3.05) is 11.6 Å². The standard InChI is InChI=1S/C14H13NO4S/c1-20(17,18)13-9-7-11(8-10-13)15-14(16)19-12-5-3-2-4-6-12/h2-10H,1H3,(H,15,16). The minimum absolute atomic E-state index is 0.194. The van der Waals surface area contributed by atoms with Gasteiger partial charge in [-0.1, -0.05) is 18.2 Å². The molecule has 0 radical (unpaired) electrons. The molecule has 0 fully saturated rings. The van der Waals surface area contributed by atoms with Gasteiger partial charge in [0, 0.05) is 11.9 Å². The highest BCUT2D eigenvalue weighted by molar-refractivity contribution is 7.90. The maximum absolute atomic E-state index is 11.6. The predicted molar refractivity (Wildman–Crippen MR) is 75.6 cm³/mol. The van der Waals surface area contributed by atoms with Crippen LogP contribution in [-0.2, 0) is 9.84 Å². The van der Waals surface area contributed by atoms with E-state index in [4.69, 9.17) is 4.74 Å². The summed E-state index contributed by atoms with van der Waals surface area (Å²) in [5.41, 5.74) is 0.457. The van der Waals surface area contributed by atoms with Crippen LogP contribution in [0.15, 0.2) is 59.5 Å². The van der Waals surface area contributed by atoms with Gasteiger partial charge in [0.05, 0.1) is 4.90 Å². The summed E-state index contributed by atoms with van der Waals surface area (Å²) in [6.45, 7) is 0. The minimum Gasteiger partial charge on any atom is -0.410 e. The molecule has 6 heteroatoms. The van der Waals surface area contributed by atoms with Crippen molar-refractivity contribution in [2.45, 2.75) is 4.90 Å². The fourth-order valence-corrected chi connectivity index (χ4v) is 2.15. The van der Waals surface area contributed by atoms with E-state index in [2.05, 4.69) is 5.32 Å². The lowest BCUT2D eigenvalue weighted by molar-refractivity contribution is 0.215. The fraction of sp³-hybridized carbons (Fsp3) is 0.0714. The fourth-order valence-electron chi connectivity index (χ4n) is 1.52. The van der Waals surface area contributed by atoms with Crippen LogP contribution in [0, 0.1) is 0 Å². The minimum atomic E-state index is -3.24. The van der Waals surface area contributed by atoms with Gasteiger partial charge in [0.2, 0.25) is 0 Å². The first-order chi connectivity index (χ1) is 9.45. The molecule has 1 N–H and O–H groups in total. The van der Waals surface area contributed by atoms with Crippen LogP contribution < -0.4 is 10.1 Å². The lowest BCUT2D eigenvalue weighted by atomic mass is 10.3. The molecular formula is C14H13NO4S. The van der Waals surface area contributed by atoms with Crippen molar-refractivity contribution in [3.8, 4) is 5.75 Å². The molecule has 1 amide bonds.